The number of halogens is 1. The number of aryl methyl sites for hydroxylation is 2. The molecule has 1 saturated heterocycles. The van der Waals surface area contributed by atoms with E-state index in [1.807, 2.05) is 18.2 Å². The zero-order chi connectivity index (χ0) is 35.1. The van der Waals surface area contributed by atoms with Gasteiger partial charge in [-0.1, -0.05) is 66.2 Å². The summed E-state index contributed by atoms with van der Waals surface area (Å²) in [6.07, 6.45) is 0.606. The summed E-state index contributed by atoms with van der Waals surface area (Å²) in [5, 5.41) is 22.6. The van der Waals surface area contributed by atoms with Gasteiger partial charge in [0, 0.05) is 18.0 Å². The number of benzene rings is 3. The first kappa shape index (κ1) is 36.6. The first-order valence-corrected chi connectivity index (χ1v) is 18.6. The standard InChI is InChI=1S/C34H39ClN4O8S2/c1-21(32(40)39-17-5-8-27(39)33(41)42)47-28(34(43)44)15-13-23-9-11-24(12-10-23)20-36-49(45,46)30-19-29-26(18-25(30)35)37-31(38-48-29)16-14-22-6-3-2-4-7-22/h2-4,6-7,9-12,18-19,21,27-28,31,36-38H,5,8,13-17,20H2,1H3,(H,41,42)(H,43,44)/t21-,27?,28-,31-/m0/s1. The number of aliphatic carboxylic acids is 2. The monoisotopic (exact) mass is 730 g/mol. The molecule has 15 heteroatoms. The SMILES string of the molecule is C[C@H](O[C@@H](CCc1ccc(CNS(=O)(=O)c2cc3c(cc2Cl)N[C@H](CCc2ccccc2)NS3)cc1)C(=O)O)C(=O)N1CCCC1C(=O)O. The Balaban J connectivity index is 1.12. The molecule has 0 radical (unpaired) electrons. The van der Waals surface area contributed by atoms with Crippen LogP contribution >= 0.6 is 23.5 Å². The Bertz CT molecular complexity index is 1760. The van der Waals surface area contributed by atoms with E-state index in [2.05, 4.69) is 26.9 Å². The van der Waals surface area contributed by atoms with Crippen LogP contribution in [-0.4, -0.2) is 72.3 Å². The molecule has 2 aliphatic rings. The van der Waals surface area contributed by atoms with Crippen molar-refractivity contribution in [2.24, 2.45) is 0 Å². The van der Waals surface area contributed by atoms with E-state index < -0.39 is 46.1 Å². The minimum Gasteiger partial charge on any atom is -0.480 e. The lowest BCUT2D eigenvalue weighted by Crippen LogP contribution is -2.46. The molecule has 0 saturated carbocycles. The van der Waals surface area contributed by atoms with Crippen molar-refractivity contribution in [1.82, 2.24) is 14.3 Å². The third-order valence-electron chi connectivity index (χ3n) is 8.53. The first-order chi connectivity index (χ1) is 23.4. The Morgan fingerprint density at radius 1 is 1.04 bits per heavy atom. The third-order valence-corrected chi connectivity index (χ3v) is 11.4. The van der Waals surface area contributed by atoms with Crippen molar-refractivity contribution in [2.75, 3.05) is 11.9 Å². The quantitative estimate of drug-likeness (QED) is 0.138. The Labute approximate surface area is 294 Å². The molecule has 3 aromatic rings. The van der Waals surface area contributed by atoms with Gasteiger partial charge in [-0.25, -0.2) is 27.5 Å². The average Bonchev–Trinajstić information content (AvgIpc) is 3.59. The zero-order valence-corrected chi connectivity index (χ0v) is 29.2. The largest absolute Gasteiger partial charge is 0.480 e. The second-order valence-electron chi connectivity index (χ2n) is 12.0. The number of carboxylic acids is 2. The van der Waals surface area contributed by atoms with Gasteiger partial charge in [-0.05, 0) is 86.2 Å². The predicted octanol–water partition coefficient (Wildman–Crippen LogP) is 4.67. The summed E-state index contributed by atoms with van der Waals surface area (Å²) in [6, 6.07) is 19.4. The fourth-order valence-corrected chi connectivity index (χ4v) is 8.32. The molecule has 3 aromatic carbocycles. The maximum absolute atomic E-state index is 13.2. The van der Waals surface area contributed by atoms with Gasteiger partial charge in [0.1, 0.15) is 17.0 Å². The highest BCUT2D eigenvalue weighted by atomic mass is 35.5. The Morgan fingerprint density at radius 2 is 1.73 bits per heavy atom. The summed E-state index contributed by atoms with van der Waals surface area (Å²) in [4.78, 5) is 38.1. The summed E-state index contributed by atoms with van der Waals surface area (Å²) in [7, 11) is -3.95. The van der Waals surface area contributed by atoms with Crippen LogP contribution in [0.5, 0.6) is 0 Å². The fourth-order valence-electron chi connectivity index (χ4n) is 5.83. The molecular weight excluding hydrogens is 692 g/mol. The fraction of sp³-hybridized carbons (Fsp3) is 0.382. The number of nitrogens with one attached hydrogen (secondary N) is 3. The highest BCUT2D eigenvalue weighted by molar-refractivity contribution is 7.97. The Hall–Kier alpha value is -3.66. The van der Waals surface area contributed by atoms with Crippen molar-refractivity contribution in [1.29, 1.82) is 0 Å². The van der Waals surface area contributed by atoms with Gasteiger partial charge in [-0.3, -0.25) is 4.79 Å². The number of hydrogen-bond donors (Lipinski definition) is 5. The third kappa shape index (κ3) is 9.53. The minimum atomic E-state index is -3.95. The molecule has 1 amide bonds. The number of rotatable bonds is 15. The van der Waals surface area contributed by atoms with Crippen LogP contribution in [0, 0.1) is 0 Å². The smallest absolute Gasteiger partial charge is 0.332 e. The van der Waals surface area contributed by atoms with Crippen LogP contribution in [0.15, 0.2) is 76.5 Å². The van der Waals surface area contributed by atoms with E-state index in [1.54, 1.807) is 36.4 Å². The van der Waals surface area contributed by atoms with Crippen LogP contribution in [-0.2, 0) is 48.5 Å². The maximum Gasteiger partial charge on any atom is 0.332 e. The van der Waals surface area contributed by atoms with Gasteiger partial charge in [0.15, 0.2) is 6.10 Å². The van der Waals surface area contributed by atoms with E-state index in [9.17, 15) is 33.0 Å². The summed E-state index contributed by atoms with van der Waals surface area (Å²) < 4.78 is 38.0. The van der Waals surface area contributed by atoms with E-state index >= 15 is 0 Å². The van der Waals surface area contributed by atoms with E-state index in [4.69, 9.17) is 16.3 Å². The van der Waals surface area contributed by atoms with E-state index in [1.165, 1.54) is 29.3 Å². The Kier molecular flexibility index (Phi) is 12.2. The molecule has 2 aliphatic heterocycles. The molecule has 0 aliphatic carbocycles. The number of sulfonamides is 1. The number of anilines is 1. The van der Waals surface area contributed by atoms with E-state index in [0.29, 0.717) is 29.7 Å². The summed E-state index contributed by atoms with van der Waals surface area (Å²) in [6.45, 7) is 1.73. The molecule has 4 atom stereocenters. The van der Waals surface area contributed by atoms with Crippen molar-refractivity contribution in [3.05, 3.63) is 88.4 Å². The molecule has 5 rings (SSSR count). The van der Waals surface area contributed by atoms with Gasteiger partial charge in [0.2, 0.25) is 10.0 Å². The van der Waals surface area contributed by atoms with Crippen LogP contribution in [0.1, 0.15) is 49.3 Å². The van der Waals surface area contributed by atoms with E-state index in [0.717, 1.165) is 24.1 Å². The van der Waals surface area contributed by atoms with Crippen LogP contribution in [0.2, 0.25) is 5.02 Å². The van der Waals surface area contributed by atoms with Crippen molar-refractivity contribution in [2.45, 2.75) is 86.2 Å². The van der Waals surface area contributed by atoms with Gasteiger partial charge in [-0.2, -0.15) is 0 Å². The Morgan fingerprint density at radius 3 is 2.43 bits per heavy atom. The number of ether oxygens (including phenoxy) is 1. The lowest BCUT2D eigenvalue weighted by atomic mass is 10.0. The number of likely N-dealkylation sites (tertiary alicyclic amines) is 1. The van der Waals surface area contributed by atoms with Crippen LogP contribution in [0.25, 0.3) is 0 Å². The number of carbonyl (C=O) groups is 3. The number of hydrogen-bond acceptors (Lipinski definition) is 9. The molecule has 262 valence electrons. The molecule has 0 aromatic heterocycles. The summed E-state index contributed by atoms with van der Waals surface area (Å²) >= 11 is 7.82. The van der Waals surface area contributed by atoms with Gasteiger partial charge < -0.3 is 25.2 Å². The second-order valence-corrected chi connectivity index (χ2v) is 15.1. The molecule has 5 N–H and O–H groups in total. The normalized spacial score (nSPS) is 18.7. The molecule has 2 heterocycles. The highest BCUT2D eigenvalue weighted by Gasteiger charge is 2.37. The van der Waals surface area contributed by atoms with Gasteiger partial charge in [-0.15, -0.1) is 0 Å². The van der Waals surface area contributed by atoms with Gasteiger partial charge >= 0.3 is 11.9 Å². The second kappa shape index (κ2) is 16.4. The number of carbonyl (C=O) groups excluding carboxylic acids is 1. The molecule has 1 fully saturated rings. The maximum atomic E-state index is 13.2. The topological polar surface area (TPSA) is 174 Å². The van der Waals surface area contributed by atoms with Crippen molar-refractivity contribution in [3.63, 3.8) is 0 Å². The van der Waals surface area contributed by atoms with Gasteiger partial charge in [0.05, 0.1) is 16.9 Å². The first-order valence-electron chi connectivity index (χ1n) is 16.0. The van der Waals surface area contributed by atoms with Crippen molar-refractivity contribution < 1.29 is 37.8 Å². The number of amides is 1. The molecule has 1 unspecified atom stereocenters. The van der Waals surface area contributed by atoms with E-state index in [-0.39, 0.29) is 35.6 Å². The lowest BCUT2D eigenvalue weighted by molar-refractivity contribution is -0.164. The lowest BCUT2D eigenvalue weighted by Gasteiger charge is -2.28. The zero-order valence-electron chi connectivity index (χ0n) is 26.8. The van der Waals surface area contributed by atoms with Crippen molar-refractivity contribution >= 4 is 57.1 Å². The number of nitrogens with zero attached hydrogens (tertiary/aromatic N) is 1. The molecule has 49 heavy (non-hydrogen) atoms. The van der Waals surface area contributed by atoms with Crippen LogP contribution in [0.3, 0.4) is 0 Å². The summed E-state index contributed by atoms with van der Waals surface area (Å²) in [5.41, 5.74) is 3.47. The average molecular weight is 731 g/mol. The highest BCUT2D eigenvalue weighted by Crippen LogP contribution is 2.37. The summed E-state index contributed by atoms with van der Waals surface area (Å²) in [5.74, 6) is -2.87. The van der Waals surface area contributed by atoms with Crippen LogP contribution < -0.4 is 14.8 Å². The number of carboxylic acid groups (broad SMARTS) is 2. The van der Waals surface area contributed by atoms with Crippen molar-refractivity contribution in [3.8, 4) is 0 Å². The molecule has 0 spiro atoms. The molecule has 0 bridgehead atoms. The van der Waals surface area contributed by atoms with Crippen LogP contribution in [0.4, 0.5) is 5.69 Å². The number of fused-ring (bicyclic) bond motifs is 1. The molecule has 12 nitrogen and oxygen atoms in total. The molecular formula is C34H39ClN4O8S2. The van der Waals surface area contributed by atoms with Gasteiger partial charge in [0.25, 0.3) is 5.91 Å². The minimum absolute atomic E-state index is 0.00948. The predicted molar refractivity (Wildman–Crippen MR) is 186 cm³/mol.